The highest BCUT2D eigenvalue weighted by atomic mass is 79.9. The lowest BCUT2D eigenvalue weighted by Crippen LogP contribution is -2.10. The van der Waals surface area contributed by atoms with Crippen LogP contribution in [-0.2, 0) is 6.61 Å². The van der Waals surface area contributed by atoms with E-state index >= 15 is 0 Å². The summed E-state index contributed by atoms with van der Waals surface area (Å²) in [5.74, 6) is 0.201. The average Bonchev–Trinajstić information content (AvgIpc) is 2.38. The summed E-state index contributed by atoms with van der Waals surface area (Å²) in [7, 11) is 0. The summed E-state index contributed by atoms with van der Waals surface area (Å²) in [5, 5.41) is 7.34. The van der Waals surface area contributed by atoms with E-state index in [-0.39, 0.29) is 18.3 Å². The summed E-state index contributed by atoms with van der Waals surface area (Å²) in [6.07, 6.45) is 0. The van der Waals surface area contributed by atoms with E-state index in [9.17, 15) is 4.39 Å². The fraction of sp³-hybridized carbons (Fsp3) is 0.0714. The van der Waals surface area contributed by atoms with Crippen LogP contribution >= 0.6 is 15.9 Å². The van der Waals surface area contributed by atoms with Gasteiger partial charge in [0.15, 0.2) is 0 Å². The molecule has 98 valence electrons. The number of hydrogen-bond acceptors (Lipinski definition) is 2. The molecule has 0 heterocycles. The number of hydrogen-bond donors (Lipinski definition) is 2. The molecule has 0 unspecified atom stereocenters. The zero-order valence-electron chi connectivity index (χ0n) is 9.99. The third kappa shape index (κ3) is 3.54. The van der Waals surface area contributed by atoms with Crippen molar-refractivity contribution in [2.75, 3.05) is 0 Å². The van der Waals surface area contributed by atoms with Crippen molar-refractivity contribution < 1.29 is 9.13 Å². The monoisotopic (exact) mass is 322 g/mol. The molecule has 0 aromatic heterocycles. The Hall–Kier alpha value is -1.88. The van der Waals surface area contributed by atoms with E-state index in [1.54, 1.807) is 36.4 Å². The number of ether oxygens (including phenoxy) is 1. The molecule has 3 nitrogen and oxygen atoms in total. The van der Waals surface area contributed by atoms with Crippen LogP contribution in [0, 0.1) is 11.2 Å². The van der Waals surface area contributed by atoms with E-state index in [0.717, 1.165) is 0 Å². The number of nitrogens with two attached hydrogens (primary N) is 1. The van der Waals surface area contributed by atoms with E-state index in [1.807, 2.05) is 0 Å². The van der Waals surface area contributed by atoms with Crippen LogP contribution in [0.25, 0.3) is 0 Å². The second kappa shape index (κ2) is 5.84. The SMILES string of the molecule is N=C(N)c1cccc(OCc2ccc(Br)cc2F)c1. The van der Waals surface area contributed by atoms with Gasteiger partial charge in [-0.05, 0) is 24.3 Å². The van der Waals surface area contributed by atoms with Gasteiger partial charge in [0.05, 0.1) is 0 Å². The van der Waals surface area contributed by atoms with Crippen LogP contribution in [-0.4, -0.2) is 5.84 Å². The number of halogens is 2. The summed E-state index contributed by atoms with van der Waals surface area (Å²) >= 11 is 3.20. The summed E-state index contributed by atoms with van der Waals surface area (Å²) < 4.78 is 19.8. The van der Waals surface area contributed by atoms with Crippen molar-refractivity contribution >= 4 is 21.8 Å². The first-order chi connectivity index (χ1) is 9.06. The lowest BCUT2D eigenvalue weighted by atomic mass is 10.2. The van der Waals surface area contributed by atoms with Crippen molar-refractivity contribution in [2.24, 2.45) is 5.73 Å². The van der Waals surface area contributed by atoms with Crippen LogP contribution in [0.2, 0.25) is 0 Å². The van der Waals surface area contributed by atoms with Gasteiger partial charge in [0, 0.05) is 15.6 Å². The lowest BCUT2D eigenvalue weighted by Gasteiger charge is -2.08. The minimum atomic E-state index is -0.322. The highest BCUT2D eigenvalue weighted by Crippen LogP contribution is 2.18. The van der Waals surface area contributed by atoms with Crippen molar-refractivity contribution in [3.05, 3.63) is 63.9 Å². The molecule has 5 heteroatoms. The number of amidine groups is 1. The van der Waals surface area contributed by atoms with Gasteiger partial charge in [-0.25, -0.2) is 4.39 Å². The maximum absolute atomic E-state index is 13.6. The molecular weight excluding hydrogens is 311 g/mol. The topological polar surface area (TPSA) is 59.1 Å². The molecule has 19 heavy (non-hydrogen) atoms. The molecule has 0 aliphatic heterocycles. The lowest BCUT2D eigenvalue weighted by molar-refractivity contribution is 0.300. The van der Waals surface area contributed by atoms with E-state index in [0.29, 0.717) is 21.3 Å². The van der Waals surface area contributed by atoms with Crippen molar-refractivity contribution in [3.8, 4) is 5.75 Å². The average molecular weight is 323 g/mol. The minimum absolute atomic E-state index is 0.0275. The summed E-state index contributed by atoms with van der Waals surface area (Å²) in [6, 6.07) is 11.7. The largest absolute Gasteiger partial charge is 0.489 e. The molecule has 0 fully saturated rings. The third-order valence-corrected chi connectivity index (χ3v) is 3.05. The Bertz CT molecular complexity index is 616. The summed E-state index contributed by atoms with van der Waals surface area (Å²) in [4.78, 5) is 0. The Kier molecular flexibility index (Phi) is 4.16. The van der Waals surface area contributed by atoms with E-state index in [1.165, 1.54) is 6.07 Å². The first-order valence-corrected chi connectivity index (χ1v) is 6.37. The second-order valence-corrected chi connectivity index (χ2v) is 4.88. The molecule has 0 bridgehead atoms. The van der Waals surface area contributed by atoms with Crippen molar-refractivity contribution in [3.63, 3.8) is 0 Å². The Morgan fingerprint density at radius 2 is 2.05 bits per heavy atom. The van der Waals surface area contributed by atoms with E-state index in [4.69, 9.17) is 15.9 Å². The number of nitrogen functional groups attached to an aromatic ring is 1. The standard InChI is InChI=1S/C14H12BrFN2O/c15-11-5-4-10(13(16)7-11)8-19-12-3-1-2-9(6-12)14(17)18/h1-7H,8H2,(H3,17,18). The van der Waals surface area contributed by atoms with Gasteiger partial charge in [-0.3, -0.25) is 5.41 Å². The predicted molar refractivity (Wildman–Crippen MR) is 75.9 cm³/mol. The molecule has 0 atom stereocenters. The first-order valence-electron chi connectivity index (χ1n) is 5.57. The number of benzene rings is 2. The third-order valence-electron chi connectivity index (χ3n) is 2.55. The molecule has 0 saturated carbocycles. The van der Waals surface area contributed by atoms with Gasteiger partial charge in [0.25, 0.3) is 0 Å². The van der Waals surface area contributed by atoms with Gasteiger partial charge in [-0.1, -0.05) is 34.1 Å². The van der Waals surface area contributed by atoms with Crippen LogP contribution in [0.15, 0.2) is 46.9 Å². The molecule has 0 spiro atoms. The van der Waals surface area contributed by atoms with E-state index < -0.39 is 0 Å². The van der Waals surface area contributed by atoms with Crippen LogP contribution in [0.1, 0.15) is 11.1 Å². The highest BCUT2D eigenvalue weighted by molar-refractivity contribution is 9.10. The van der Waals surface area contributed by atoms with Gasteiger partial charge in [-0.2, -0.15) is 0 Å². The van der Waals surface area contributed by atoms with Crippen molar-refractivity contribution in [1.82, 2.24) is 0 Å². The van der Waals surface area contributed by atoms with Gasteiger partial charge in [0.2, 0.25) is 0 Å². The fourth-order valence-electron chi connectivity index (χ4n) is 1.55. The normalized spacial score (nSPS) is 10.2. The Morgan fingerprint density at radius 1 is 1.26 bits per heavy atom. The second-order valence-electron chi connectivity index (χ2n) is 3.97. The van der Waals surface area contributed by atoms with Crippen molar-refractivity contribution in [2.45, 2.75) is 6.61 Å². The summed E-state index contributed by atoms with van der Waals surface area (Å²) in [5.41, 5.74) is 6.44. The maximum atomic E-state index is 13.6. The molecular formula is C14H12BrFN2O. The number of rotatable bonds is 4. The molecule has 0 radical (unpaired) electrons. The van der Waals surface area contributed by atoms with Gasteiger partial charge in [0.1, 0.15) is 24.0 Å². The van der Waals surface area contributed by atoms with Crippen LogP contribution in [0.4, 0.5) is 4.39 Å². The first kappa shape index (κ1) is 13.5. The van der Waals surface area contributed by atoms with Crippen molar-refractivity contribution in [1.29, 1.82) is 5.41 Å². The van der Waals surface area contributed by atoms with Gasteiger partial charge in [-0.15, -0.1) is 0 Å². The van der Waals surface area contributed by atoms with E-state index in [2.05, 4.69) is 15.9 Å². The van der Waals surface area contributed by atoms with Crippen LogP contribution < -0.4 is 10.5 Å². The number of nitrogens with one attached hydrogen (secondary N) is 1. The molecule has 0 saturated heterocycles. The quantitative estimate of drug-likeness (QED) is 0.669. The Labute approximate surface area is 118 Å². The zero-order chi connectivity index (χ0) is 13.8. The molecule has 2 aromatic rings. The molecule has 3 N–H and O–H groups in total. The van der Waals surface area contributed by atoms with Gasteiger partial charge >= 0.3 is 0 Å². The molecule has 2 aromatic carbocycles. The molecule has 2 rings (SSSR count). The van der Waals surface area contributed by atoms with Gasteiger partial charge < -0.3 is 10.5 Å². The highest BCUT2D eigenvalue weighted by Gasteiger charge is 2.04. The zero-order valence-corrected chi connectivity index (χ0v) is 11.6. The Balaban J connectivity index is 2.10. The van der Waals surface area contributed by atoms with Crippen LogP contribution in [0.3, 0.4) is 0 Å². The molecule has 0 aliphatic rings. The molecule has 0 aliphatic carbocycles. The predicted octanol–water partition coefficient (Wildman–Crippen LogP) is 3.45. The summed E-state index contributed by atoms with van der Waals surface area (Å²) in [6.45, 7) is 0.125. The minimum Gasteiger partial charge on any atom is -0.489 e. The smallest absolute Gasteiger partial charge is 0.130 e. The van der Waals surface area contributed by atoms with Crippen LogP contribution in [0.5, 0.6) is 5.75 Å². The maximum Gasteiger partial charge on any atom is 0.130 e. The fourth-order valence-corrected chi connectivity index (χ4v) is 1.89. The Morgan fingerprint density at radius 3 is 2.74 bits per heavy atom. The molecule has 0 amide bonds.